The molecule has 0 aromatic heterocycles. The van der Waals surface area contributed by atoms with Crippen molar-refractivity contribution in [1.29, 1.82) is 0 Å². The van der Waals surface area contributed by atoms with Crippen molar-refractivity contribution >= 4 is 5.69 Å². The quantitative estimate of drug-likeness (QED) is 0.810. The minimum Gasteiger partial charge on any atom is -0.387 e. The van der Waals surface area contributed by atoms with Gasteiger partial charge < -0.3 is 15.3 Å². The first kappa shape index (κ1) is 11.1. The van der Waals surface area contributed by atoms with Crippen molar-refractivity contribution < 1.29 is 5.11 Å². The molecule has 2 unspecified atom stereocenters. The molecule has 3 rings (SSSR count). The molecule has 0 spiro atoms. The maximum absolute atomic E-state index is 10.3. The molecule has 0 bridgehead atoms. The second kappa shape index (κ2) is 4.31. The fraction of sp³-hybridized carbons (Fsp3) is 0.571. The van der Waals surface area contributed by atoms with Gasteiger partial charge in [0.15, 0.2) is 0 Å². The van der Waals surface area contributed by atoms with Crippen LogP contribution in [0.2, 0.25) is 0 Å². The highest BCUT2D eigenvalue weighted by Gasteiger charge is 2.25. The summed E-state index contributed by atoms with van der Waals surface area (Å²) in [6.45, 7) is 2.13. The number of anilines is 1. The maximum atomic E-state index is 10.3. The van der Waals surface area contributed by atoms with Crippen LogP contribution in [0, 0.1) is 0 Å². The second-order valence-corrected chi connectivity index (χ2v) is 5.21. The van der Waals surface area contributed by atoms with E-state index in [-0.39, 0.29) is 12.1 Å². The van der Waals surface area contributed by atoms with Crippen molar-refractivity contribution in [3.63, 3.8) is 0 Å². The minimum absolute atomic E-state index is 0.243. The smallest absolute Gasteiger partial charge is 0.0943 e. The molecule has 0 radical (unpaired) electrons. The molecule has 1 fully saturated rings. The third kappa shape index (κ3) is 1.94. The van der Waals surface area contributed by atoms with Gasteiger partial charge in [-0.15, -0.1) is 0 Å². The van der Waals surface area contributed by atoms with E-state index < -0.39 is 0 Å². The number of hydrogen-bond acceptors (Lipinski definition) is 3. The van der Waals surface area contributed by atoms with E-state index in [0.717, 1.165) is 31.5 Å². The average Bonchev–Trinajstić information content (AvgIpc) is 2.98. The zero-order valence-corrected chi connectivity index (χ0v) is 10.3. The zero-order chi connectivity index (χ0) is 11.8. The number of rotatable bonds is 2. The Morgan fingerprint density at radius 3 is 3.12 bits per heavy atom. The summed E-state index contributed by atoms with van der Waals surface area (Å²) in [6.07, 6.45) is 3.01. The van der Waals surface area contributed by atoms with Gasteiger partial charge in [0.05, 0.1) is 6.10 Å². The molecule has 2 atom stereocenters. The summed E-state index contributed by atoms with van der Waals surface area (Å²) < 4.78 is 0. The van der Waals surface area contributed by atoms with Gasteiger partial charge in [0.1, 0.15) is 0 Å². The van der Waals surface area contributed by atoms with E-state index >= 15 is 0 Å². The molecule has 2 aliphatic heterocycles. The second-order valence-electron chi connectivity index (χ2n) is 5.21. The Kier molecular flexibility index (Phi) is 2.81. The van der Waals surface area contributed by atoms with Gasteiger partial charge in [-0.1, -0.05) is 12.1 Å². The standard InChI is InChI=1S/C14H20N2O/c1-16-8-6-10-9-11(4-5-13(10)16)14(17)12-3-2-7-15-12/h4-5,9,12,14-15,17H,2-3,6-8H2,1H3. The molecule has 3 heteroatoms. The van der Waals surface area contributed by atoms with Crippen molar-refractivity contribution in [1.82, 2.24) is 5.32 Å². The van der Waals surface area contributed by atoms with Crippen LogP contribution in [-0.2, 0) is 6.42 Å². The molecule has 2 heterocycles. The molecule has 0 aliphatic carbocycles. The predicted octanol–water partition coefficient (Wildman–Crippen LogP) is 1.46. The van der Waals surface area contributed by atoms with Gasteiger partial charge >= 0.3 is 0 Å². The zero-order valence-electron chi connectivity index (χ0n) is 10.3. The van der Waals surface area contributed by atoms with Crippen molar-refractivity contribution in [3.05, 3.63) is 29.3 Å². The molecule has 3 nitrogen and oxygen atoms in total. The van der Waals surface area contributed by atoms with Gasteiger partial charge in [0.2, 0.25) is 0 Å². The van der Waals surface area contributed by atoms with Gasteiger partial charge in [-0.25, -0.2) is 0 Å². The Bertz CT molecular complexity index is 413. The summed E-state index contributed by atoms with van der Waals surface area (Å²) in [5.74, 6) is 0. The molecule has 1 aromatic rings. The number of hydrogen-bond donors (Lipinski definition) is 2. The molecule has 1 saturated heterocycles. The first-order chi connectivity index (χ1) is 8.25. The number of aliphatic hydroxyl groups is 1. The lowest BCUT2D eigenvalue weighted by atomic mass is 9.98. The van der Waals surface area contributed by atoms with Gasteiger partial charge in [-0.3, -0.25) is 0 Å². The Labute approximate surface area is 102 Å². The summed E-state index contributed by atoms with van der Waals surface area (Å²) in [4.78, 5) is 2.28. The Balaban J connectivity index is 1.84. The summed E-state index contributed by atoms with van der Waals surface area (Å²) in [6, 6.07) is 6.65. The maximum Gasteiger partial charge on any atom is 0.0943 e. The Morgan fingerprint density at radius 2 is 2.35 bits per heavy atom. The number of likely N-dealkylation sites (N-methyl/N-ethyl adjacent to an activating group) is 1. The topological polar surface area (TPSA) is 35.5 Å². The molecule has 2 N–H and O–H groups in total. The number of fused-ring (bicyclic) bond motifs is 1. The van der Waals surface area contributed by atoms with E-state index in [1.165, 1.54) is 17.7 Å². The number of nitrogens with zero attached hydrogens (tertiary/aromatic N) is 1. The number of nitrogens with one attached hydrogen (secondary N) is 1. The van der Waals surface area contributed by atoms with Crippen molar-refractivity contribution in [2.24, 2.45) is 0 Å². The SMILES string of the molecule is CN1CCc2cc(C(O)C3CCCN3)ccc21. The highest BCUT2D eigenvalue weighted by atomic mass is 16.3. The van der Waals surface area contributed by atoms with E-state index in [2.05, 4.69) is 35.5 Å². The third-order valence-corrected chi connectivity index (χ3v) is 4.05. The molecule has 17 heavy (non-hydrogen) atoms. The fourth-order valence-electron chi connectivity index (χ4n) is 2.98. The molecule has 92 valence electrons. The first-order valence-electron chi connectivity index (χ1n) is 6.51. The lowest BCUT2D eigenvalue weighted by molar-refractivity contribution is 0.137. The van der Waals surface area contributed by atoms with Crippen LogP contribution in [-0.4, -0.2) is 31.3 Å². The molecular weight excluding hydrogens is 212 g/mol. The normalized spacial score (nSPS) is 25.1. The highest BCUT2D eigenvalue weighted by Crippen LogP contribution is 2.31. The highest BCUT2D eigenvalue weighted by molar-refractivity contribution is 5.58. The van der Waals surface area contributed by atoms with Crippen LogP contribution >= 0.6 is 0 Å². The van der Waals surface area contributed by atoms with Crippen molar-refractivity contribution in [2.75, 3.05) is 25.0 Å². The van der Waals surface area contributed by atoms with Crippen LogP contribution < -0.4 is 10.2 Å². The van der Waals surface area contributed by atoms with E-state index in [0.29, 0.717) is 0 Å². The van der Waals surface area contributed by atoms with Gasteiger partial charge in [-0.05, 0) is 43.0 Å². The summed E-state index contributed by atoms with van der Waals surface area (Å²) >= 11 is 0. The third-order valence-electron chi connectivity index (χ3n) is 4.05. The van der Waals surface area contributed by atoms with E-state index in [9.17, 15) is 5.11 Å². The number of benzene rings is 1. The molecule has 1 aromatic carbocycles. The number of aliphatic hydroxyl groups excluding tert-OH is 1. The van der Waals surface area contributed by atoms with E-state index in [1.54, 1.807) is 0 Å². The largest absolute Gasteiger partial charge is 0.387 e. The minimum atomic E-state index is -0.353. The summed E-state index contributed by atoms with van der Waals surface area (Å²) in [5.41, 5.74) is 3.76. The van der Waals surface area contributed by atoms with Gasteiger partial charge in [0.25, 0.3) is 0 Å². The van der Waals surface area contributed by atoms with Gasteiger partial charge in [-0.2, -0.15) is 0 Å². The lowest BCUT2D eigenvalue weighted by Crippen LogP contribution is -2.28. The molecular formula is C14H20N2O. The molecule has 0 saturated carbocycles. The average molecular weight is 232 g/mol. The van der Waals surface area contributed by atoms with Crippen LogP contribution in [0.1, 0.15) is 30.1 Å². The van der Waals surface area contributed by atoms with Gasteiger partial charge in [0, 0.05) is 25.3 Å². The van der Waals surface area contributed by atoms with Crippen LogP contribution in [0.4, 0.5) is 5.69 Å². The van der Waals surface area contributed by atoms with Crippen molar-refractivity contribution in [3.8, 4) is 0 Å². The van der Waals surface area contributed by atoms with E-state index in [1.807, 2.05) is 0 Å². The van der Waals surface area contributed by atoms with Crippen LogP contribution in [0.5, 0.6) is 0 Å². The first-order valence-corrected chi connectivity index (χ1v) is 6.51. The van der Waals surface area contributed by atoms with E-state index in [4.69, 9.17) is 0 Å². The fourth-order valence-corrected chi connectivity index (χ4v) is 2.98. The lowest BCUT2D eigenvalue weighted by Gasteiger charge is -2.20. The summed E-state index contributed by atoms with van der Waals surface area (Å²) in [7, 11) is 2.13. The Hall–Kier alpha value is -1.06. The van der Waals surface area contributed by atoms with Crippen LogP contribution in [0.25, 0.3) is 0 Å². The predicted molar refractivity (Wildman–Crippen MR) is 69.4 cm³/mol. The monoisotopic (exact) mass is 232 g/mol. The van der Waals surface area contributed by atoms with Crippen LogP contribution in [0.15, 0.2) is 18.2 Å². The molecule has 0 amide bonds. The van der Waals surface area contributed by atoms with Crippen molar-refractivity contribution in [2.45, 2.75) is 31.4 Å². The molecule has 2 aliphatic rings. The van der Waals surface area contributed by atoms with Crippen LogP contribution in [0.3, 0.4) is 0 Å². The Morgan fingerprint density at radius 1 is 1.47 bits per heavy atom. The summed E-state index contributed by atoms with van der Waals surface area (Å²) in [5, 5.41) is 13.7.